The number of aryl methyl sites for hydroxylation is 1. The SMILES string of the molecule is CCc1ccccc1OC(C)c1cccc(N)c1. The first-order valence-electron chi connectivity index (χ1n) is 6.30. The molecule has 2 rings (SSSR count). The minimum absolute atomic E-state index is 0.00111. The number of hydrogen-bond donors (Lipinski definition) is 1. The van der Waals surface area contributed by atoms with Gasteiger partial charge in [-0.25, -0.2) is 0 Å². The zero-order valence-electron chi connectivity index (χ0n) is 10.9. The van der Waals surface area contributed by atoms with Crippen LogP contribution in [0.25, 0.3) is 0 Å². The fourth-order valence-electron chi connectivity index (χ4n) is 1.98. The van der Waals surface area contributed by atoms with Gasteiger partial charge in [0, 0.05) is 5.69 Å². The molecule has 0 aliphatic heterocycles. The molecule has 0 aliphatic rings. The molecular formula is C16H19NO. The molecule has 0 bridgehead atoms. The van der Waals surface area contributed by atoms with E-state index in [1.54, 1.807) is 0 Å². The highest BCUT2D eigenvalue weighted by Crippen LogP contribution is 2.26. The van der Waals surface area contributed by atoms with Crippen LogP contribution in [0.4, 0.5) is 5.69 Å². The van der Waals surface area contributed by atoms with Gasteiger partial charge >= 0.3 is 0 Å². The van der Waals surface area contributed by atoms with Crippen LogP contribution in [-0.2, 0) is 6.42 Å². The third kappa shape index (κ3) is 2.83. The molecule has 2 aromatic carbocycles. The molecule has 2 aromatic rings. The minimum Gasteiger partial charge on any atom is -0.486 e. The van der Waals surface area contributed by atoms with Crippen molar-refractivity contribution in [2.45, 2.75) is 26.4 Å². The summed E-state index contributed by atoms with van der Waals surface area (Å²) in [5.41, 5.74) is 8.89. The molecule has 0 aliphatic carbocycles. The molecule has 0 heterocycles. The fourth-order valence-corrected chi connectivity index (χ4v) is 1.98. The van der Waals surface area contributed by atoms with Crippen molar-refractivity contribution >= 4 is 5.69 Å². The summed E-state index contributed by atoms with van der Waals surface area (Å²) < 4.78 is 6.02. The number of benzene rings is 2. The van der Waals surface area contributed by atoms with Crippen LogP contribution in [0, 0.1) is 0 Å². The Kier molecular flexibility index (Phi) is 3.88. The zero-order chi connectivity index (χ0) is 13.0. The number of para-hydroxylation sites is 1. The monoisotopic (exact) mass is 241 g/mol. The van der Waals surface area contributed by atoms with Crippen molar-refractivity contribution in [3.63, 3.8) is 0 Å². The van der Waals surface area contributed by atoms with Crippen molar-refractivity contribution in [2.24, 2.45) is 0 Å². The van der Waals surface area contributed by atoms with E-state index in [-0.39, 0.29) is 6.10 Å². The van der Waals surface area contributed by atoms with Crippen molar-refractivity contribution in [3.8, 4) is 5.75 Å². The summed E-state index contributed by atoms with van der Waals surface area (Å²) >= 11 is 0. The molecule has 1 atom stereocenters. The molecule has 0 fully saturated rings. The summed E-state index contributed by atoms with van der Waals surface area (Å²) in [5.74, 6) is 0.954. The molecule has 0 saturated heterocycles. The predicted octanol–water partition coefficient (Wildman–Crippen LogP) is 3.97. The summed E-state index contributed by atoms with van der Waals surface area (Å²) in [4.78, 5) is 0. The van der Waals surface area contributed by atoms with E-state index in [0.717, 1.165) is 23.4 Å². The van der Waals surface area contributed by atoms with Gasteiger partial charge in [-0.2, -0.15) is 0 Å². The second-order valence-electron chi connectivity index (χ2n) is 4.39. The lowest BCUT2D eigenvalue weighted by molar-refractivity contribution is 0.225. The van der Waals surface area contributed by atoms with Gasteiger partial charge in [0.05, 0.1) is 0 Å². The summed E-state index contributed by atoms with van der Waals surface area (Å²) in [7, 11) is 0. The summed E-state index contributed by atoms with van der Waals surface area (Å²) in [6, 6.07) is 16.0. The first kappa shape index (κ1) is 12.5. The third-order valence-corrected chi connectivity index (χ3v) is 3.04. The van der Waals surface area contributed by atoms with Crippen molar-refractivity contribution in [1.82, 2.24) is 0 Å². The van der Waals surface area contributed by atoms with Crippen LogP contribution in [-0.4, -0.2) is 0 Å². The molecule has 0 aromatic heterocycles. The Morgan fingerprint density at radius 3 is 2.61 bits per heavy atom. The molecule has 2 N–H and O–H groups in total. The topological polar surface area (TPSA) is 35.2 Å². The summed E-state index contributed by atoms with van der Waals surface area (Å²) in [5, 5.41) is 0. The first-order valence-corrected chi connectivity index (χ1v) is 6.30. The van der Waals surface area contributed by atoms with Crippen molar-refractivity contribution in [1.29, 1.82) is 0 Å². The fraction of sp³-hybridized carbons (Fsp3) is 0.250. The molecule has 0 spiro atoms. The largest absolute Gasteiger partial charge is 0.486 e. The van der Waals surface area contributed by atoms with Crippen LogP contribution in [0.3, 0.4) is 0 Å². The Morgan fingerprint density at radius 1 is 1.11 bits per heavy atom. The predicted molar refractivity (Wildman–Crippen MR) is 75.7 cm³/mol. The lowest BCUT2D eigenvalue weighted by atomic mass is 10.1. The van der Waals surface area contributed by atoms with E-state index in [0.29, 0.717) is 0 Å². The number of nitrogen functional groups attached to an aromatic ring is 1. The van der Waals surface area contributed by atoms with Crippen LogP contribution in [0.2, 0.25) is 0 Å². The average Bonchev–Trinajstić information content (AvgIpc) is 2.39. The Balaban J connectivity index is 2.18. The van der Waals surface area contributed by atoms with Gasteiger partial charge < -0.3 is 10.5 Å². The third-order valence-electron chi connectivity index (χ3n) is 3.04. The molecule has 0 amide bonds. The maximum absolute atomic E-state index is 6.02. The maximum Gasteiger partial charge on any atom is 0.123 e. The average molecular weight is 241 g/mol. The highest BCUT2D eigenvalue weighted by molar-refractivity contribution is 5.42. The van der Waals surface area contributed by atoms with Crippen LogP contribution in [0.15, 0.2) is 48.5 Å². The molecule has 0 radical (unpaired) electrons. The maximum atomic E-state index is 6.02. The Bertz CT molecular complexity index is 522. The number of ether oxygens (including phenoxy) is 1. The van der Waals surface area contributed by atoms with E-state index in [9.17, 15) is 0 Å². The Labute approximate surface area is 108 Å². The number of rotatable bonds is 4. The van der Waals surface area contributed by atoms with Crippen LogP contribution in [0.1, 0.15) is 31.1 Å². The Hall–Kier alpha value is -1.96. The van der Waals surface area contributed by atoms with E-state index in [4.69, 9.17) is 10.5 Å². The number of anilines is 1. The molecule has 18 heavy (non-hydrogen) atoms. The van der Waals surface area contributed by atoms with Gasteiger partial charge in [-0.15, -0.1) is 0 Å². The van der Waals surface area contributed by atoms with Gasteiger partial charge in [-0.3, -0.25) is 0 Å². The molecule has 0 saturated carbocycles. The van der Waals surface area contributed by atoms with E-state index >= 15 is 0 Å². The van der Waals surface area contributed by atoms with Crippen molar-refractivity contribution in [2.75, 3.05) is 5.73 Å². The lowest BCUT2D eigenvalue weighted by Gasteiger charge is -2.17. The quantitative estimate of drug-likeness (QED) is 0.822. The van der Waals surface area contributed by atoms with Gasteiger partial charge in [0.1, 0.15) is 11.9 Å². The lowest BCUT2D eigenvalue weighted by Crippen LogP contribution is -2.05. The van der Waals surface area contributed by atoms with E-state index < -0.39 is 0 Å². The van der Waals surface area contributed by atoms with E-state index in [1.165, 1.54) is 5.56 Å². The zero-order valence-corrected chi connectivity index (χ0v) is 10.9. The van der Waals surface area contributed by atoms with Crippen molar-refractivity contribution < 1.29 is 4.74 Å². The standard InChI is InChI=1S/C16H19NO/c1-3-13-7-4-5-10-16(13)18-12(2)14-8-6-9-15(17)11-14/h4-12H,3,17H2,1-2H3. The van der Waals surface area contributed by atoms with Gasteiger partial charge in [0.15, 0.2) is 0 Å². The van der Waals surface area contributed by atoms with Crippen LogP contribution < -0.4 is 10.5 Å². The second kappa shape index (κ2) is 5.58. The highest BCUT2D eigenvalue weighted by atomic mass is 16.5. The van der Waals surface area contributed by atoms with Gasteiger partial charge in [0.2, 0.25) is 0 Å². The first-order chi connectivity index (χ1) is 8.70. The van der Waals surface area contributed by atoms with E-state index in [2.05, 4.69) is 13.0 Å². The smallest absolute Gasteiger partial charge is 0.123 e. The summed E-state index contributed by atoms with van der Waals surface area (Å²) in [6.45, 7) is 4.18. The molecule has 2 heteroatoms. The normalized spacial score (nSPS) is 12.1. The second-order valence-corrected chi connectivity index (χ2v) is 4.39. The van der Waals surface area contributed by atoms with Crippen molar-refractivity contribution in [3.05, 3.63) is 59.7 Å². The minimum atomic E-state index is 0.00111. The molecular weight excluding hydrogens is 222 g/mol. The Morgan fingerprint density at radius 2 is 1.89 bits per heavy atom. The number of nitrogens with two attached hydrogens (primary N) is 1. The molecule has 1 unspecified atom stereocenters. The van der Waals surface area contributed by atoms with Gasteiger partial charge in [0.25, 0.3) is 0 Å². The molecule has 94 valence electrons. The van der Waals surface area contributed by atoms with E-state index in [1.807, 2.05) is 49.4 Å². The van der Waals surface area contributed by atoms with Crippen LogP contribution in [0.5, 0.6) is 5.75 Å². The van der Waals surface area contributed by atoms with Gasteiger partial charge in [-0.05, 0) is 42.7 Å². The number of hydrogen-bond acceptors (Lipinski definition) is 2. The van der Waals surface area contributed by atoms with Crippen LogP contribution >= 0.6 is 0 Å². The molecule has 2 nitrogen and oxygen atoms in total. The highest BCUT2D eigenvalue weighted by Gasteiger charge is 2.09. The summed E-state index contributed by atoms with van der Waals surface area (Å²) in [6.07, 6.45) is 0.973. The van der Waals surface area contributed by atoms with Gasteiger partial charge in [-0.1, -0.05) is 37.3 Å².